The highest BCUT2D eigenvalue weighted by atomic mass is 16.5. The van der Waals surface area contributed by atoms with Gasteiger partial charge in [0.2, 0.25) is 5.95 Å². The molecule has 0 fully saturated rings. The average Bonchev–Trinajstić information content (AvgIpc) is 3.51. The number of nitrogens with one attached hydrogen (secondary N) is 1. The van der Waals surface area contributed by atoms with Gasteiger partial charge in [-0.3, -0.25) is 14.6 Å². The number of methoxy groups -OCH3 is 2. The number of pyridine rings is 1. The first kappa shape index (κ1) is 23.1. The highest BCUT2D eigenvalue weighted by Crippen LogP contribution is 2.31. The fourth-order valence-electron chi connectivity index (χ4n) is 4.24. The Bertz CT molecular complexity index is 1280. The molecule has 1 aliphatic heterocycles. The Morgan fingerprint density at radius 1 is 0.971 bits per heavy atom. The zero-order valence-electron chi connectivity index (χ0n) is 20.0. The predicted molar refractivity (Wildman–Crippen MR) is 134 cm³/mol. The third-order valence-corrected chi connectivity index (χ3v) is 6.01. The van der Waals surface area contributed by atoms with Crippen LogP contribution in [0.2, 0.25) is 0 Å². The summed E-state index contributed by atoms with van der Waals surface area (Å²) in [6.07, 6.45) is 7.33. The van der Waals surface area contributed by atoms with Crippen molar-refractivity contribution < 1.29 is 9.47 Å². The Balaban J connectivity index is 1.39. The highest BCUT2D eigenvalue weighted by Gasteiger charge is 2.19. The van der Waals surface area contributed by atoms with Gasteiger partial charge in [-0.1, -0.05) is 6.07 Å². The van der Waals surface area contributed by atoms with Crippen LogP contribution in [0, 0.1) is 0 Å². The summed E-state index contributed by atoms with van der Waals surface area (Å²) in [6.45, 7) is 4.76. The summed E-state index contributed by atoms with van der Waals surface area (Å²) in [4.78, 5) is 15.9. The molecule has 0 saturated heterocycles. The number of hydrogen-bond donors (Lipinski definition) is 1. The number of benzene rings is 1. The molecule has 0 unspecified atom stereocenters. The zero-order chi connectivity index (χ0) is 24.0. The van der Waals surface area contributed by atoms with Crippen molar-refractivity contribution in [3.63, 3.8) is 0 Å². The number of rotatable bonds is 10. The highest BCUT2D eigenvalue weighted by molar-refractivity contribution is 5.78. The molecule has 180 valence electrons. The van der Waals surface area contributed by atoms with Crippen molar-refractivity contribution in [2.24, 2.45) is 0 Å². The van der Waals surface area contributed by atoms with Crippen LogP contribution in [0.5, 0.6) is 0 Å². The lowest BCUT2D eigenvalue weighted by Crippen LogP contribution is -2.21. The van der Waals surface area contributed by atoms with Gasteiger partial charge in [0.05, 0.1) is 25.5 Å². The van der Waals surface area contributed by atoms with Crippen LogP contribution in [-0.4, -0.2) is 63.6 Å². The number of aromatic nitrogens is 5. The quantitative estimate of drug-likeness (QED) is 0.374. The van der Waals surface area contributed by atoms with Crippen LogP contribution in [0.3, 0.4) is 0 Å². The van der Waals surface area contributed by atoms with E-state index in [9.17, 15) is 0 Å². The summed E-state index contributed by atoms with van der Waals surface area (Å²) in [5.41, 5.74) is 7.11. The minimum Gasteiger partial charge on any atom is -0.383 e. The number of nitrogens with zero attached hydrogens (tertiary/aromatic N) is 6. The van der Waals surface area contributed by atoms with Crippen LogP contribution < -0.4 is 5.32 Å². The van der Waals surface area contributed by atoms with E-state index in [1.807, 2.05) is 35.3 Å². The molecule has 0 bridgehead atoms. The summed E-state index contributed by atoms with van der Waals surface area (Å²) in [6, 6.07) is 12.2. The van der Waals surface area contributed by atoms with E-state index in [1.165, 1.54) is 11.1 Å². The molecule has 5 rings (SSSR count). The molecule has 35 heavy (non-hydrogen) atoms. The molecule has 4 heterocycles. The standard InChI is InChI=1S/C26H29N7O2/c1-34-12-10-32-16-20-5-6-22(14-21(20)17-32)29-26-28-9-7-24(30-26)23-18-33(11-13-35-2)31-25(23)19-4-3-8-27-15-19/h3-9,14-15,18H,10-13,16-17H2,1-2H3,(H,28,29,30). The molecule has 0 aliphatic carbocycles. The maximum absolute atomic E-state index is 5.23. The summed E-state index contributed by atoms with van der Waals surface area (Å²) in [5.74, 6) is 0.540. The monoisotopic (exact) mass is 471 g/mol. The Hall–Kier alpha value is -3.66. The van der Waals surface area contributed by atoms with Gasteiger partial charge < -0.3 is 14.8 Å². The number of anilines is 2. The van der Waals surface area contributed by atoms with Crippen LogP contribution in [0.4, 0.5) is 11.6 Å². The Labute approximate surface area is 204 Å². The van der Waals surface area contributed by atoms with Crippen LogP contribution in [0.25, 0.3) is 22.5 Å². The molecule has 1 aromatic carbocycles. The summed E-state index contributed by atoms with van der Waals surface area (Å²) in [7, 11) is 3.43. The van der Waals surface area contributed by atoms with Crippen LogP contribution in [-0.2, 0) is 29.1 Å². The normalized spacial score (nSPS) is 13.2. The van der Waals surface area contributed by atoms with Crippen molar-refractivity contribution in [3.8, 4) is 22.5 Å². The lowest BCUT2D eigenvalue weighted by molar-refractivity contribution is 0.147. The van der Waals surface area contributed by atoms with E-state index in [0.717, 1.165) is 54.4 Å². The lowest BCUT2D eigenvalue weighted by Gasteiger charge is -2.13. The number of hydrogen-bond acceptors (Lipinski definition) is 8. The SMILES string of the molecule is COCCN1Cc2ccc(Nc3nccc(-c4cn(CCOC)nc4-c4cccnc4)n3)cc2C1. The van der Waals surface area contributed by atoms with Crippen molar-refractivity contribution >= 4 is 11.6 Å². The minimum absolute atomic E-state index is 0.540. The number of ether oxygens (including phenoxy) is 2. The van der Waals surface area contributed by atoms with Crippen LogP contribution >= 0.6 is 0 Å². The van der Waals surface area contributed by atoms with Crippen LogP contribution in [0.15, 0.2) is 61.2 Å². The van der Waals surface area contributed by atoms with Gasteiger partial charge in [0, 0.05) is 75.5 Å². The predicted octanol–water partition coefficient (Wildman–Crippen LogP) is 3.75. The fourth-order valence-corrected chi connectivity index (χ4v) is 4.24. The minimum atomic E-state index is 0.540. The fraction of sp³-hybridized carbons (Fsp3) is 0.308. The molecule has 4 aromatic rings. The molecular formula is C26H29N7O2. The third kappa shape index (κ3) is 5.37. The molecule has 0 amide bonds. The molecular weight excluding hydrogens is 442 g/mol. The van der Waals surface area contributed by atoms with E-state index < -0.39 is 0 Å². The first-order valence-electron chi connectivity index (χ1n) is 11.6. The molecule has 1 aliphatic rings. The molecule has 9 heteroatoms. The van der Waals surface area contributed by atoms with Crippen molar-refractivity contribution in [1.29, 1.82) is 0 Å². The van der Waals surface area contributed by atoms with Gasteiger partial charge in [-0.15, -0.1) is 0 Å². The van der Waals surface area contributed by atoms with E-state index in [-0.39, 0.29) is 0 Å². The van der Waals surface area contributed by atoms with E-state index in [4.69, 9.17) is 19.6 Å². The maximum Gasteiger partial charge on any atom is 0.227 e. The van der Waals surface area contributed by atoms with Gasteiger partial charge in [0.25, 0.3) is 0 Å². The van der Waals surface area contributed by atoms with Gasteiger partial charge in [-0.25, -0.2) is 9.97 Å². The summed E-state index contributed by atoms with van der Waals surface area (Å²) < 4.78 is 12.3. The smallest absolute Gasteiger partial charge is 0.227 e. The first-order chi connectivity index (χ1) is 17.2. The third-order valence-electron chi connectivity index (χ3n) is 6.01. The first-order valence-corrected chi connectivity index (χ1v) is 11.6. The molecule has 0 radical (unpaired) electrons. The van der Waals surface area contributed by atoms with Gasteiger partial charge >= 0.3 is 0 Å². The molecule has 1 N–H and O–H groups in total. The number of fused-ring (bicyclic) bond motifs is 1. The Morgan fingerprint density at radius 3 is 2.66 bits per heavy atom. The zero-order valence-corrected chi connectivity index (χ0v) is 20.0. The second-order valence-electron chi connectivity index (χ2n) is 8.47. The lowest BCUT2D eigenvalue weighted by atomic mass is 10.1. The van der Waals surface area contributed by atoms with Gasteiger partial charge in [-0.2, -0.15) is 5.10 Å². The Morgan fingerprint density at radius 2 is 1.83 bits per heavy atom. The second-order valence-corrected chi connectivity index (χ2v) is 8.47. The molecule has 0 saturated carbocycles. The van der Waals surface area contributed by atoms with E-state index in [2.05, 4.69) is 38.4 Å². The van der Waals surface area contributed by atoms with E-state index in [0.29, 0.717) is 19.1 Å². The Kier molecular flexibility index (Phi) is 7.08. The molecule has 9 nitrogen and oxygen atoms in total. The van der Waals surface area contributed by atoms with Crippen molar-refractivity contribution in [2.75, 3.05) is 39.3 Å². The van der Waals surface area contributed by atoms with E-state index in [1.54, 1.807) is 26.6 Å². The maximum atomic E-state index is 5.23. The topological polar surface area (TPSA) is 90.2 Å². The van der Waals surface area contributed by atoms with Gasteiger partial charge in [0.15, 0.2) is 0 Å². The van der Waals surface area contributed by atoms with Crippen molar-refractivity contribution in [2.45, 2.75) is 19.6 Å². The second kappa shape index (κ2) is 10.7. The molecule has 0 spiro atoms. The van der Waals surface area contributed by atoms with Crippen molar-refractivity contribution in [3.05, 3.63) is 72.3 Å². The van der Waals surface area contributed by atoms with Crippen LogP contribution in [0.1, 0.15) is 11.1 Å². The summed E-state index contributed by atoms with van der Waals surface area (Å²) >= 11 is 0. The van der Waals surface area contributed by atoms with E-state index >= 15 is 0 Å². The average molecular weight is 472 g/mol. The van der Waals surface area contributed by atoms with Crippen molar-refractivity contribution in [1.82, 2.24) is 29.6 Å². The molecule has 0 atom stereocenters. The summed E-state index contributed by atoms with van der Waals surface area (Å²) in [5, 5.41) is 8.16. The van der Waals surface area contributed by atoms with Gasteiger partial charge in [0.1, 0.15) is 5.69 Å². The van der Waals surface area contributed by atoms with Gasteiger partial charge in [-0.05, 0) is 41.5 Å². The largest absolute Gasteiger partial charge is 0.383 e. The molecule has 3 aromatic heterocycles.